The van der Waals surface area contributed by atoms with E-state index in [1.807, 2.05) is 19.9 Å². The Morgan fingerprint density at radius 2 is 1.78 bits per heavy atom. The number of nitrogens with one attached hydrogen (secondary N) is 1. The van der Waals surface area contributed by atoms with Crippen molar-refractivity contribution in [3.05, 3.63) is 86.2 Å². The number of anilines is 1. The second-order valence-corrected chi connectivity index (χ2v) is 16.1. The van der Waals surface area contributed by atoms with Gasteiger partial charge in [0, 0.05) is 24.5 Å². The maximum atomic E-state index is 14.0. The first-order valence-electron chi connectivity index (χ1n) is 15.9. The third kappa shape index (κ3) is 9.17. The summed E-state index contributed by atoms with van der Waals surface area (Å²) in [6.07, 6.45) is -1.29. The minimum absolute atomic E-state index is 0.0516. The zero-order valence-electron chi connectivity index (χ0n) is 28.1. The Labute approximate surface area is 300 Å². The number of thiophene rings is 1. The lowest BCUT2D eigenvalue weighted by Gasteiger charge is -2.34. The van der Waals surface area contributed by atoms with Crippen molar-refractivity contribution in [3.8, 4) is 0 Å². The van der Waals surface area contributed by atoms with Crippen LogP contribution in [0.25, 0.3) is 0 Å². The highest BCUT2D eigenvalue weighted by Gasteiger charge is 2.44. The van der Waals surface area contributed by atoms with Crippen LogP contribution < -0.4 is 11.1 Å². The molecule has 0 saturated carbocycles. The fourth-order valence-electron chi connectivity index (χ4n) is 5.73. The van der Waals surface area contributed by atoms with Gasteiger partial charge in [0.1, 0.15) is 12.6 Å². The van der Waals surface area contributed by atoms with Crippen molar-refractivity contribution < 1.29 is 32.8 Å². The van der Waals surface area contributed by atoms with Crippen LogP contribution in [0.3, 0.4) is 0 Å². The van der Waals surface area contributed by atoms with Gasteiger partial charge in [-0.1, -0.05) is 81.0 Å². The number of amides is 4. The summed E-state index contributed by atoms with van der Waals surface area (Å²) in [6, 6.07) is 11.4. The molecule has 1 aliphatic rings. The summed E-state index contributed by atoms with van der Waals surface area (Å²) in [7, 11) is -4.17. The molecule has 4 rings (SSSR count). The minimum Gasteiger partial charge on any atom is -0.397 e. The molecule has 1 aromatic heterocycles. The second-order valence-electron chi connectivity index (χ2n) is 12.9. The first-order chi connectivity index (χ1) is 23.5. The van der Waals surface area contributed by atoms with Gasteiger partial charge in [-0.2, -0.15) is 4.31 Å². The number of carbonyl (C=O) groups is 3. The number of imide groups is 1. The van der Waals surface area contributed by atoms with Gasteiger partial charge in [0.2, 0.25) is 15.9 Å². The first-order valence-corrected chi connectivity index (χ1v) is 18.6. The first kappa shape index (κ1) is 38.7. The minimum atomic E-state index is -4.17. The highest BCUT2D eigenvalue weighted by atomic mass is 35.5. The molecule has 14 nitrogen and oxygen atoms in total. The van der Waals surface area contributed by atoms with Gasteiger partial charge >= 0.3 is 11.0 Å². The van der Waals surface area contributed by atoms with Crippen LogP contribution >= 0.6 is 22.9 Å². The van der Waals surface area contributed by atoms with Gasteiger partial charge in [0.25, 0.3) is 5.91 Å². The van der Waals surface area contributed by atoms with E-state index in [1.54, 1.807) is 38.1 Å². The number of nitro groups is 1. The van der Waals surface area contributed by atoms with Crippen LogP contribution in [0.1, 0.15) is 38.8 Å². The number of halogens is 1. The van der Waals surface area contributed by atoms with Crippen LogP contribution in [0.4, 0.5) is 15.5 Å². The van der Waals surface area contributed by atoms with Crippen molar-refractivity contribution in [2.24, 2.45) is 11.8 Å². The highest BCUT2D eigenvalue weighted by Crippen LogP contribution is 2.28. The lowest BCUT2D eigenvalue weighted by atomic mass is 9.97. The largest absolute Gasteiger partial charge is 0.397 e. The Balaban J connectivity index is 1.59. The third-order valence-corrected chi connectivity index (χ3v) is 11.2. The molecule has 0 radical (unpaired) electrons. The van der Waals surface area contributed by atoms with Crippen molar-refractivity contribution >= 4 is 61.5 Å². The van der Waals surface area contributed by atoms with E-state index >= 15 is 0 Å². The number of sulfonamides is 1. The number of aliphatic hydroxyl groups excluding tert-OH is 1. The molecule has 17 heteroatoms. The lowest BCUT2D eigenvalue weighted by Crippen LogP contribution is -2.57. The number of nitrogens with zero attached hydrogens (tertiary/aromatic N) is 4. The Bertz CT molecular complexity index is 1820. The van der Waals surface area contributed by atoms with E-state index in [-0.39, 0.29) is 52.6 Å². The second kappa shape index (κ2) is 16.3. The summed E-state index contributed by atoms with van der Waals surface area (Å²) in [5.74, 6) is -1.81. The maximum absolute atomic E-state index is 14.0. The van der Waals surface area contributed by atoms with Gasteiger partial charge in [-0.25, -0.2) is 13.2 Å². The fourth-order valence-corrected chi connectivity index (χ4v) is 8.22. The Morgan fingerprint density at radius 3 is 2.36 bits per heavy atom. The molecule has 0 bridgehead atoms. The number of aliphatic hydroxyl groups is 1. The van der Waals surface area contributed by atoms with Crippen LogP contribution in [0, 0.1) is 22.0 Å². The van der Waals surface area contributed by atoms with E-state index in [9.17, 15) is 38.0 Å². The molecule has 50 heavy (non-hydrogen) atoms. The van der Waals surface area contributed by atoms with E-state index in [2.05, 4.69) is 5.32 Å². The van der Waals surface area contributed by atoms with Gasteiger partial charge in [-0.3, -0.25) is 24.6 Å². The van der Waals surface area contributed by atoms with Crippen molar-refractivity contribution in [3.63, 3.8) is 0 Å². The number of hydrogen-bond acceptors (Lipinski definition) is 10. The predicted molar refractivity (Wildman–Crippen MR) is 190 cm³/mol. The van der Waals surface area contributed by atoms with E-state index < -0.39 is 63.4 Å². The van der Waals surface area contributed by atoms with E-state index in [4.69, 9.17) is 17.3 Å². The molecule has 270 valence electrons. The number of hydrogen-bond donors (Lipinski definition) is 3. The van der Waals surface area contributed by atoms with Gasteiger partial charge in [0.15, 0.2) is 0 Å². The van der Waals surface area contributed by atoms with Gasteiger partial charge in [-0.15, -0.1) is 0 Å². The lowest BCUT2D eigenvalue weighted by molar-refractivity contribution is -0.380. The van der Waals surface area contributed by atoms with Crippen LogP contribution in [0.15, 0.2) is 64.9 Å². The summed E-state index contributed by atoms with van der Waals surface area (Å²) in [5, 5.41) is 27.2. The molecule has 1 fully saturated rings. The zero-order chi connectivity index (χ0) is 36.9. The number of carbonyl (C=O) groups excluding carboxylic acids is 3. The van der Waals surface area contributed by atoms with Crippen molar-refractivity contribution in [1.29, 1.82) is 0 Å². The normalized spacial score (nSPS) is 15.6. The molecular formula is C33H41ClN6O8S2. The standard InChI is InChI=1S/C33H41ClN6O8S2/c1-20(2)15-37(50(47,48)24-10-11-25(34)26(35)14-24)17-28(41)27(12-22-8-6-5-7-9-22)36-32(43)31(21(3)4)39-18-29(42)38(33(39)44)16-23-13-30(40(45)46)49-19-23/h5-11,13-14,19-21,27-28,31,41H,12,15-18,35H2,1-4H3,(H,36,43)/t27-,28+,31?/m0/s1. The quantitative estimate of drug-likeness (QED) is 0.0836. The summed E-state index contributed by atoms with van der Waals surface area (Å²) < 4.78 is 28.8. The molecule has 1 aliphatic heterocycles. The SMILES string of the molecule is CC(C)CN(C[C@@H](O)[C@H](Cc1ccccc1)NC(=O)C(C(C)C)N1CC(=O)N(Cc2csc([N+](=O)[O-])c2)C1=O)S(=O)(=O)c1ccc(Cl)c(N)c1. The average Bonchev–Trinajstić information content (AvgIpc) is 3.62. The Hall–Kier alpha value is -4.09. The van der Waals surface area contributed by atoms with Crippen LogP contribution in [-0.4, -0.2) is 88.2 Å². The van der Waals surface area contributed by atoms with Crippen LogP contribution in [0.2, 0.25) is 5.02 Å². The predicted octanol–water partition coefficient (Wildman–Crippen LogP) is 4.12. The monoisotopic (exact) mass is 748 g/mol. The van der Waals surface area contributed by atoms with Crippen LogP contribution in [-0.2, 0) is 32.6 Å². The molecule has 3 atom stereocenters. The molecule has 0 spiro atoms. The van der Waals surface area contributed by atoms with Crippen molar-refractivity contribution in [2.75, 3.05) is 25.4 Å². The smallest absolute Gasteiger partial charge is 0.328 e. The Kier molecular flexibility index (Phi) is 12.6. The number of benzene rings is 2. The molecule has 4 N–H and O–H groups in total. The highest BCUT2D eigenvalue weighted by molar-refractivity contribution is 7.89. The van der Waals surface area contributed by atoms with E-state index in [0.717, 1.165) is 31.0 Å². The van der Waals surface area contributed by atoms with Gasteiger partial charge in [0.05, 0.1) is 39.2 Å². The summed E-state index contributed by atoms with van der Waals surface area (Å²) >= 11 is 6.91. The van der Waals surface area contributed by atoms with Crippen molar-refractivity contribution in [1.82, 2.24) is 19.4 Å². The zero-order valence-corrected chi connectivity index (χ0v) is 30.5. The molecule has 0 aliphatic carbocycles. The summed E-state index contributed by atoms with van der Waals surface area (Å²) in [5.41, 5.74) is 7.14. The Morgan fingerprint density at radius 1 is 1.10 bits per heavy atom. The van der Waals surface area contributed by atoms with E-state index in [0.29, 0.717) is 5.56 Å². The molecular weight excluding hydrogens is 708 g/mol. The average molecular weight is 749 g/mol. The molecule has 3 aromatic rings. The molecule has 1 unspecified atom stereocenters. The van der Waals surface area contributed by atoms with Crippen molar-refractivity contribution in [2.45, 2.75) is 63.7 Å². The fraction of sp³-hybridized carbons (Fsp3) is 0.424. The maximum Gasteiger partial charge on any atom is 0.328 e. The third-order valence-electron chi connectivity index (χ3n) is 8.13. The molecule has 2 heterocycles. The topological polar surface area (TPSA) is 196 Å². The van der Waals surface area contributed by atoms with Gasteiger partial charge in [-0.05, 0) is 47.6 Å². The number of nitrogen functional groups attached to an aromatic ring is 1. The molecule has 4 amide bonds. The summed E-state index contributed by atoms with van der Waals surface area (Å²) in [4.78, 5) is 53.2. The number of urea groups is 1. The van der Waals surface area contributed by atoms with Gasteiger partial charge < -0.3 is 21.1 Å². The summed E-state index contributed by atoms with van der Waals surface area (Å²) in [6.45, 7) is 6.18. The molecule has 1 saturated heterocycles. The van der Waals surface area contributed by atoms with Crippen LogP contribution in [0.5, 0.6) is 0 Å². The molecule has 2 aromatic carbocycles. The van der Waals surface area contributed by atoms with E-state index in [1.165, 1.54) is 29.6 Å². The number of nitrogens with two attached hydrogens (primary N) is 1. The number of rotatable bonds is 16.